The summed E-state index contributed by atoms with van der Waals surface area (Å²) in [7, 11) is 3.98. The lowest BCUT2D eigenvalue weighted by Gasteiger charge is -2.12. The quantitative estimate of drug-likeness (QED) is 0.898. The van der Waals surface area contributed by atoms with E-state index in [-0.39, 0.29) is 12.0 Å². The average Bonchev–Trinajstić information content (AvgIpc) is 2.38. The summed E-state index contributed by atoms with van der Waals surface area (Å²) in [4.78, 5) is 14.3. The van der Waals surface area contributed by atoms with E-state index in [1.165, 1.54) is 0 Å². The Labute approximate surface area is 112 Å². The molecule has 6 nitrogen and oxygen atoms in total. The van der Waals surface area contributed by atoms with Crippen LogP contribution in [0.25, 0.3) is 11.4 Å². The highest BCUT2D eigenvalue weighted by molar-refractivity contribution is 5.60. The van der Waals surface area contributed by atoms with Crippen molar-refractivity contribution in [2.75, 3.05) is 31.3 Å². The van der Waals surface area contributed by atoms with E-state index in [9.17, 15) is 0 Å². The minimum atomic E-state index is 0.158. The van der Waals surface area contributed by atoms with Crippen molar-refractivity contribution in [3.63, 3.8) is 0 Å². The predicted octanol–water partition coefficient (Wildman–Crippen LogP) is 1.59. The average molecular weight is 259 g/mol. The van der Waals surface area contributed by atoms with Crippen LogP contribution in [-0.2, 0) is 0 Å². The van der Waals surface area contributed by atoms with Crippen molar-refractivity contribution in [2.24, 2.45) is 0 Å². The second-order valence-corrected chi connectivity index (χ2v) is 4.17. The normalized spacial score (nSPS) is 10.3. The van der Waals surface area contributed by atoms with Crippen LogP contribution in [0.1, 0.15) is 6.92 Å². The molecule has 0 radical (unpaired) electrons. The molecule has 2 aromatic rings. The zero-order chi connectivity index (χ0) is 13.8. The van der Waals surface area contributed by atoms with Crippen molar-refractivity contribution in [1.82, 2.24) is 15.0 Å². The Morgan fingerprint density at radius 1 is 1.11 bits per heavy atom. The number of aromatic nitrogens is 3. The molecule has 0 aliphatic carbocycles. The van der Waals surface area contributed by atoms with Gasteiger partial charge in [0.15, 0.2) is 5.82 Å². The molecular weight excluding hydrogens is 242 g/mol. The van der Waals surface area contributed by atoms with E-state index in [1.54, 1.807) is 0 Å². The Morgan fingerprint density at radius 3 is 2.37 bits per heavy atom. The SMILES string of the molecule is CCOc1nc(N)nc(-c2ccc(N(C)C)cc2)n1. The van der Waals surface area contributed by atoms with Crippen LogP contribution in [0.5, 0.6) is 6.01 Å². The first-order valence-electron chi connectivity index (χ1n) is 6.02. The highest BCUT2D eigenvalue weighted by Crippen LogP contribution is 2.21. The fourth-order valence-corrected chi connectivity index (χ4v) is 1.60. The second kappa shape index (κ2) is 5.51. The van der Waals surface area contributed by atoms with Crippen LogP contribution in [0.3, 0.4) is 0 Å². The summed E-state index contributed by atoms with van der Waals surface area (Å²) >= 11 is 0. The molecule has 6 heteroatoms. The fourth-order valence-electron chi connectivity index (χ4n) is 1.60. The third-order valence-corrected chi connectivity index (χ3v) is 2.55. The lowest BCUT2D eigenvalue weighted by molar-refractivity contribution is 0.312. The second-order valence-electron chi connectivity index (χ2n) is 4.17. The maximum Gasteiger partial charge on any atom is 0.321 e. The summed E-state index contributed by atoms with van der Waals surface area (Å²) in [6.45, 7) is 2.36. The van der Waals surface area contributed by atoms with Crippen LogP contribution in [0, 0.1) is 0 Å². The van der Waals surface area contributed by atoms with Crippen LogP contribution >= 0.6 is 0 Å². The predicted molar refractivity (Wildman–Crippen MR) is 75.2 cm³/mol. The van der Waals surface area contributed by atoms with Gasteiger partial charge in [-0.25, -0.2) is 0 Å². The number of nitrogens with zero attached hydrogens (tertiary/aromatic N) is 4. The first-order chi connectivity index (χ1) is 9.10. The van der Waals surface area contributed by atoms with Crippen molar-refractivity contribution >= 4 is 11.6 Å². The summed E-state index contributed by atoms with van der Waals surface area (Å²) in [6.07, 6.45) is 0. The highest BCUT2D eigenvalue weighted by atomic mass is 16.5. The number of nitrogens with two attached hydrogens (primary N) is 1. The van der Waals surface area contributed by atoms with E-state index < -0.39 is 0 Å². The fraction of sp³-hybridized carbons (Fsp3) is 0.308. The molecule has 0 spiro atoms. The van der Waals surface area contributed by atoms with Gasteiger partial charge in [0.2, 0.25) is 5.95 Å². The maximum absolute atomic E-state index is 5.65. The van der Waals surface area contributed by atoms with E-state index in [2.05, 4.69) is 15.0 Å². The van der Waals surface area contributed by atoms with Gasteiger partial charge in [0.05, 0.1) is 6.61 Å². The largest absolute Gasteiger partial charge is 0.464 e. The Hall–Kier alpha value is -2.37. The zero-order valence-corrected chi connectivity index (χ0v) is 11.3. The van der Waals surface area contributed by atoms with Gasteiger partial charge in [-0.2, -0.15) is 15.0 Å². The van der Waals surface area contributed by atoms with Crippen LogP contribution < -0.4 is 15.4 Å². The Bertz CT molecular complexity index is 553. The van der Waals surface area contributed by atoms with Crippen LogP contribution in [-0.4, -0.2) is 35.7 Å². The molecule has 0 aliphatic rings. The van der Waals surface area contributed by atoms with Gasteiger partial charge in [0.25, 0.3) is 0 Å². The van der Waals surface area contributed by atoms with Gasteiger partial charge < -0.3 is 15.4 Å². The van der Waals surface area contributed by atoms with Crippen molar-refractivity contribution in [3.05, 3.63) is 24.3 Å². The third-order valence-electron chi connectivity index (χ3n) is 2.55. The standard InChI is InChI=1S/C13H17N5O/c1-4-19-13-16-11(15-12(14)17-13)9-5-7-10(8-6-9)18(2)3/h5-8H,4H2,1-3H3,(H2,14,15,16,17). The van der Waals surface area contributed by atoms with Gasteiger partial charge >= 0.3 is 6.01 Å². The van der Waals surface area contributed by atoms with E-state index in [0.717, 1.165) is 11.3 Å². The van der Waals surface area contributed by atoms with Crippen molar-refractivity contribution in [3.8, 4) is 17.4 Å². The molecule has 1 aromatic heterocycles. The molecule has 0 saturated heterocycles. The summed E-state index contributed by atoms with van der Waals surface area (Å²) < 4.78 is 5.26. The number of benzene rings is 1. The van der Waals surface area contributed by atoms with E-state index in [0.29, 0.717) is 12.4 Å². The highest BCUT2D eigenvalue weighted by Gasteiger charge is 2.07. The number of anilines is 2. The number of hydrogen-bond donors (Lipinski definition) is 1. The number of nitrogen functional groups attached to an aromatic ring is 1. The molecule has 19 heavy (non-hydrogen) atoms. The topological polar surface area (TPSA) is 77.2 Å². The molecule has 100 valence electrons. The van der Waals surface area contributed by atoms with Crippen LogP contribution in [0.2, 0.25) is 0 Å². The van der Waals surface area contributed by atoms with E-state index >= 15 is 0 Å². The molecule has 0 aliphatic heterocycles. The number of hydrogen-bond acceptors (Lipinski definition) is 6. The monoisotopic (exact) mass is 259 g/mol. The van der Waals surface area contributed by atoms with Crippen molar-refractivity contribution in [2.45, 2.75) is 6.92 Å². The Kier molecular flexibility index (Phi) is 3.79. The lowest BCUT2D eigenvalue weighted by Crippen LogP contribution is -2.08. The number of rotatable bonds is 4. The van der Waals surface area contributed by atoms with E-state index in [4.69, 9.17) is 10.5 Å². The molecule has 1 heterocycles. The summed E-state index contributed by atoms with van der Waals surface area (Å²) in [5.74, 6) is 0.673. The summed E-state index contributed by atoms with van der Waals surface area (Å²) in [5, 5.41) is 0. The molecule has 0 bridgehead atoms. The van der Waals surface area contributed by atoms with Crippen LogP contribution in [0.4, 0.5) is 11.6 Å². The van der Waals surface area contributed by atoms with Gasteiger partial charge in [0.1, 0.15) is 0 Å². The van der Waals surface area contributed by atoms with Gasteiger partial charge in [-0.1, -0.05) is 0 Å². The van der Waals surface area contributed by atoms with Crippen LogP contribution in [0.15, 0.2) is 24.3 Å². The first-order valence-corrected chi connectivity index (χ1v) is 6.02. The van der Waals surface area contributed by atoms with E-state index in [1.807, 2.05) is 50.2 Å². The first kappa shape index (κ1) is 13.1. The van der Waals surface area contributed by atoms with Crippen molar-refractivity contribution in [1.29, 1.82) is 0 Å². The molecule has 0 unspecified atom stereocenters. The Balaban J connectivity index is 2.35. The van der Waals surface area contributed by atoms with Gasteiger partial charge in [-0.05, 0) is 31.2 Å². The minimum Gasteiger partial charge on any atom is -0.464 e. The molecule has 0 amide bonds. The molecule has 2 N–H and O–H groups in total. The maximum atomic E-state index is 5.65. The minimum absolute atomic E-state index is 0.158. The summed E-state index contributed by atoms with van der Waals surface area (Å²) in [6, 6.07) is 8.13. The molecule has 1 aromatic carbocycles. The van der Waals surface area contributed by atoms with Gasteiger partial charge in [0, 0.05) is 25.3 Å². The lowest BCUT2D eigenvalue weighted by atomic mass is 10.2. The zero-order valence-electron chi connectivity index (χ0n) is 11.3. The Morgan fingerprint density at radius 2 is 1.79 bits per heavy atom. The third kappa shape index (κ3) is 3.09. The molecule has 2 rings (SSSR count). The van der Waals surface area contributed by atoms with Gasteiger partial charge in [-0.15, -0.1) is 0 Å². The molecular formula is C13H17N5O. The summed E-state index contributed by atoms with van der Waals surface area (Å²) in [5.41, 5.74) is 7.64. The molecule has 0 atom stereocenters. The molecule has 0 saturated carbocycles. The molecule has 0 fully saturated rings. The van der Waals surface area contributed by atoms with Gasteiger partial charge in [-0.3, -0.25) is 0 Å². The smallest absolute Gasteiger partial charge is 0.321 e. The van der Waals surface area contributed by atoms with Crippen molar-refractivity contribution < 1.29 is 4.74 Å². The number of ether oxygens (including phenoxy) is 1.